The Morgan fingerprint density at radius 3 is 3.09 bits per heavy atom. The SMILES string of the molecule is CCNC(C)C1=COCCC1. The van der Waals surface area contributed by atoms with Crippen molar-refractivity contribution in [3.8, 4) is 0 Å². The quantitative estimate of drug-likeness (QED) is 0.669. The molecule has 1 rings (SSSR count). The van der Waals surface area contributed by atoms with E-state index in [1.807, 2.05) is 6.26 Å². The molecule has 0 spiro atoms. The highest BCUT2D eigenvalue weighted by molar-refractivity contribution is 5.08. The smallest absolute Gasteiger partial charge is 0.0876 e. The standard InChI is InChI=1S/C9H17NO/c1-3-10-8(2)9-5-4-6-11-7-9/h7-8,10H,3-6H2,1-2H3. The summed E-state index contributed by atoms with van der Waals surface area (Å²) in [6.45, 7) is 6.23. The van der Waals surface area contributed by atoms with E-state index < -0.39 is 0 Å². The maximum atomic E-state index is 5.25. The van der Waals surface area contributed by atoms with Crippen LogP contribution in [0.2, 0.25) is 0 Å². The number of nitrogens with one attached hydrogen (secondary N) is 1. The van der Waals surface area contributed by atoms with Crippen LogP contribution in [0.5, 0.6) is 0 Å². The van der Waals surface area contributed by atoms with E-state index in [0.29, 0.717) is 6.04 Å². The average molecular weight is 155 g/mol. The van der Waals surface area contributed by atoms with Crippen molar-refractivity contribution in [2.24, 2.45) is 0 Å². The Balaban J connectivity index is 2.37. The Labute approximate surface area is 68.6 Å². The minimum atomic E-state index is 0.486. The maximum Gasteiger partial charge on any atom is 0.0876 e. The minimum absolute atomic E-state index is 0.486. The molecule has 0 bridgehead atoms. The molecule has 0 saturated heterocycles. The summed E-state index contributed by atoms with van der Waals surface area (Å²) in [5.74, 6) is 0. The third kappa shape index (κ3) is 2.54. The molecule has 0 fully saturated rings. The molecule has 11 heavy (non-hydrogen) atoms. The lowest BCUT2D eigenvalue weighted by Gasteiger charge is -2.20. The highest BCUT2D eigenvalue weighted by Gasteiger charge is 2.10. The summed E-state index contributed by atoms with van der Waals surface area (Å²) in [6, 6.07) is 0.486. The van der Waals surface area contributed by atoms with E-state index in [1.54, 1.807) is 0 Å². The van der Waals surface area contributed by atoms with Crippen LogP contribution in [0.3, 0.4) is 0 Å². The molecule has 1 atom stereocenters. The van der Waals surface area contributed by atoms with Gasteiger partial charge >= 0.3 is 0 Å². The van der Waals surface area contributed by atoms with Crippen LogP contribution < -0.4 is 5.32 Å². The number of hydrogen-bond donors (Lipinski definition) is 1. The van der Waals surface area contributed by atoms with Crippen LogP contribution in [-0.2, 0) is 4.74 Å². The largest absolute Gasteiger partial charge is 0.501 e. The topological polar surface area (TPSA) is 21.3 Å². The van der Waals surface area contributed by atoms with Crippen molar-refractivity contribution in [1.29, 1.82) is 0 Å². The number of rotatable bonds is 3. The van der Waals surface area contributed by atoms with Gasteiger partial charge in [-0.05, 0) is 31.9 Å². The molecule has 1 heterocycles. The molecule has 1 aliphatic rings. The first kappa shape index (κ1) is 8.60. The molecule has 2 nitrogen and oxygen atoms in total. The van der Waals surface area contributed by atoms with E-state index in [4.69, 9.17) is 4.74 Å². The average Bonchev–Trinajstić information content (AvgIpc) is 2.07. The van der Waals surface area contributed by atoms with Gasteiger partial charge in [-0.25, -0.2) is 0 Å². The summed E-state index contributed by atoms with van der Waals surface area (Å²) >= 11 is 0. The minimum Gasteiger partial charge on any atom is -0.501 e. The molecule has 0 aromatic heterocycles. The summed E-state index contributed by atoms with van der Waals surface area (Å²) in [4.78, 5) is 0. The number of ether oxygens (including phenoxy) is 1. The molecule has 2 heteroatoms. The maximum absolute atomic E-state index is 5.25. The molecule has 64 valence electrons. The molecule has 1 N–H and O–H groups in total. The molecule has 0 radical (unpaired) electrons. The second kappa shape index (κ2) is 4.39. The van der Waals surface area contributed by atoms with Crippen molar-refractivity contribution < 1.29 is 4.74 Å². The Bertz CT molecular complexity index is 142. The zero-order valence-corrected chi connectivity index (χ0v) is 7.39. The Morgan fingerprint density at radius 1 is 1.73 bits per heavy atom. The lowest BCUT2D eigenvalue weighted by Crippen LogP contribution is -2.28. The van der Waals surface area contributed by atoms with Gasteiger partial charge < -0.3 is 10.1 Å². The fraction of sp³-hybridized carbons (Fsp3) is 0.778. The van der Waals surface area contributed by atoms with E-state index in [1.165, 1.54) is 18.4 Å². The van der Waals surface area contributed by atoms with Gasteiger partial charge in [0.05, 0.1) is 12.9 Å². The van der Waals surface area contributed by atoms with Crippen LogP contribution in [0.1, 0.15) is 26.7 Å². The second-order valence-electron chi connectivity index (χ2n) is 2.95. The second-order valence-corrected chi connectivity index (χ2v) is 2.95. The van der Waals surface area contributed by atoms with Crippen LogP contribution in [0.15, 0.2) is 11.8 Å². The predicted molar refractivity (Wildman–Crippen MR) is 46.4 cm³/mol. The van der Waals surface area contributed by atoms with Gasteiger partial charge in [-0.1, -0.05) is 6.92 Å². The monoisotopic (exact) mass is 155 g/mol. The van der Waals surface area contributed by atoms with Crippen molar-refractivity contribution in [3.63, 3.8) is 0 Å². The van der Waals surface area contributed by atoms with Gasteiger partial charge in [0.2, 0.25) is 0 Å². The van der Waals surface area contributed by atoms with Crippen LogP contribution >= 0.6 is 0 Å². The Hall–Kier alpha value is -0.500. The Morgan fingerprint density at radius 2 is 2.55 bits per heavy atom. The molecule has 1 aliphatic heterocycles. The van der Waals surface area contributed by atoms with Crippen molar-refractivity contribution >= 4 is 0 Å². The number of hydrogen-bond acceptors (Lipinski definition) is 2. The van der Waals surface area contributed by atoms with Crippen LogP contribution in [-0.4, -0.2) is 19.2 Å². The van der Waals surface area contributed by atoms with E-state index in [9.17, 15) is 0 Å². The van der Waals surface area contributed by atoms with E-state index in [2.05, 4.69) is 19.2 Å². The lowest BCUT2D eigenvalue weighted by molar-refractivity contribution is 0.220. The third-order valence-corrected chi connectivity index (χ3v) is 2.03. The molecule has 1 unspecified atom stereocenters. The summed E-state index contributed by atoms with van der Waals surface area (Å²) in [7, 11) is 0. The van der Waals surface area contributed by atoms with E-state index >= 15 is 0 Å². The fourth-order valence-corrected chi connectivity index (χ4v) is 1.34. The highest BCUT2D eigenvalue weighted by atomic mass is 16.5. The van der Waals surface area contributed by atoms with E-state index in [0.717, 1.165) is 13.2 Å². The van der Waals surface area contributed by atoms with Gasteiger partial charge in [0.1, 0.15) is 0 Å². The first-order valence-corrected chi connectivity index (χ1v) is 4.38. The van der Waals surface area contributed by atoms with Crippen LogP contribution in [0.25, 0.3) is 0 Å². The van der Waals surface area contributed by atoms with Crippen LogP contribution in [0, 0.1) is 0 Å². The predicted octanol–water partition coefficient (Wildman–Crippen LogP) is 1.68. The summed E-state index contributed by atoms with van der Waals surface area (Å²) in [5.41, 5.74) is 1.40. The van der Waals surface area contributed by atoms with Gasteiger partial charge in [-0.3, -0.25) is 0 Å². The molecular formula is C9H17NO. The Kier molecular flexibility index (Phi) is 3.43. The zero-order valence-electron chi connectivity index (χ0n) is 7.39. The summed E-state index contributed by atoms with van der Waals surface area (Å²) < 4.78 is 5.25. The van der Waals surface area contributed by atoms with Gasteiger partial charge in [0.15, 0.2) is 0 Å². The van der Waals surface area contributed by atoms with Crippen molar-refractivity contribution in [2.45, 2.75) is 32.7 Å². The summed E-state index contributed by atoms with van der Waals surface area (Å²) in [6.07, 6.45) is 4.27. The first-order chi connectivity index (χ1) is 5.34. The number of likely N-dealkylation sites (N-methyl/N-ethyl adjacent to an activating group) is 1. The van der Waals surface area contributed by atoms with Crippen molar-refractivity contribution in [2.75, 3.05) is 13.2 Å². The molecule has 0 saturated carbocycles. The normalized spacial score (nSPS) is 20.4. The molecule has 0 amide bonds. The van der Waals surface area contributed by atoms with Gasteiger partial charge in [-0.15, -0.1) is 0 Å². The van der Waals surface area contributed by atoms with Gasteiger partial charge in [0, 0.05) is 6.04 Å². The van der Waals surface area contributed by atoms with Gasteiger partial charge in [0.25, 0.3) is 0 Å². The van der Waals surface area contributed by atoms with Crippen molar-refractivity contribution in [1.82, 2.24) is 5.32 Å². The van der Waals surface area contributed by atoms with E-state index in [-0.39, 0.29) is 0 Å². The fourth-order valence-electron chi connectivity index (χ4n) is 1.34. The molecule has 0 aromatic rings. The summed E-state index contributed by atoms with van der Waals surface area (Å²) in [5, 5.41) is 3.37. The van der Waals surface area contributed by atoms with Gasteiger partial charge in [-0.2, -0.15) is 0 Å². The van der Waals surface area contributed by atoms with Crippen molar-refractivity contribution in [3.05, 3.63) is 11.8 Å². The third-order valence-electron chi connectivity index (χ3n) is 2.03. The highest BCUT2D eigenvalue weighted by Crippen LogP contribution is 2.14. The van der Waals surface area contributed by atoms with Crippen LogP contribution in [0.4, 0.5) is 0 Å². The molecule has 0 aromatic carbocycles. The zero-order chi connectivity index (χ0) is 8.10. The molecular weight excluding hydrogens is 138 g/mol. The molecule has 0 aliphatic carbocycles. The lowest BCUT2D eigenvalue weighted by atomic mass is 10.0. The first-order valence-electron chi connectivity index (χ1n) is 4.38.